The maximum atomic E-state index is 11.8. The summed E-state index contributed by atoms with van der Waals surface area (Å²) in [5.74, 6) is -0.902. The SMILES string of the molecule is O=C(O)c1ccccc1[C@H]1Nc2ccc([N+](=O)[O-])cc2[C@@H]2c3ccccc3C[C@H]21. The number of fused-ring (bicyclic) bond motifs is 5. The van der Waals surface area contributed by atoms with Crippen molar-refractivity contribution in [2.24, 2.45) is 5.92 Å². The van der Waals surface area contributed by atoms with Gasteiger partial charge in [0.2, 0.25) is 0 Å². The number of nitro groups is 1. The molecule has 0 spiro atoms. The molecular weight excluding hydrogens is 368 g/mol. The Balaban J connectivity index is 1.71. The van der Waals surface area contributed by atoms with Crippen molar-refractivity contribution >= 4 is 17.3 Å². The average molecular weight is 386 g/mol. The van der Waals surface area contributed by atoms with Crippen LogP contribution in [0.15, 0.2) is 66.7 Å². The van der Waals surface area contributed by atoms with E-state index in [1.165, 1.54) is 17.2 Å². The van der Waals surface area contributed by atoms with E-state index in [0.29, 0.717) is 0 Å². The lowest BCUT2D eigenvalue weighted by molar-refractivity contribution is -0.384. The summed E-state index contributed by atoms with van der Waals surface area (Å²) in [6.07, 6.45) is 0.786. The average Bonchev–Trinajstić information content (AvgIpc) is 3.12. The van der Waals surface area contributed by atoms with E-state index in [1.807, 2.05) is 24.3 Å². The molecule has 29 heavy (non-hydrogen) atoms. The lowest BCUT2D eigenvalue weighted by atomic mass is 9.75. The second-order valence-electron chi connectivity index (χ2n) is 7.59. The standard InChI is InChI=1S/C23H18N2O4/c26-23(27)17-8-4-3-7-16(17)22-19-11-13-5-1-2-6-15(13)21(19)18-12-14(25(28)29)9-10-20(18)24-22/h1-10,12,19,21-22,24H,11H2,(H,26,27)/t19-,21+,22-/m1/s1. The first kappa shape index (κ1) is 17.4. The van der Waals surface area contributed by atoms with Crippen LogP contribution in [0.3, 0.4) is 0 Å². The largest absolute Gasteiger partial charge is 0.478 e. The topological polar surface area (TPSA) is 92.5 Å². The molecule has 3 atom stereocenters. The number of hydrogen-bond acceptors (Lipinski definition) is 4. The van der Waals surface area contributed by atoms with Gasteiger partial charge in [0.15, 0.2) is 0 Å². The lowest BCUT2D eigenvalue weighted by Crippen LogP contribution is -2.31. The molecule has 1 aliphatic heterocycles. The van der Waals surface area contributed by atoms with Crippen LogP contribution in [0.25, 0.3) is 0 Å². The molecule has 5 rings (SSSR count). The van der Waals surface area contributed by atoms with Crippen molar-refractivity contribution in [1.29, 1.82) is 0 Å². The van der Waals surface area contributed by atoms with Crippen molar-refractivity contribution in [3.05, 3.63) is 105 Å². The second-order valence-corrected chi connectivity index (χ2v) is 7.59. The molecule has 3 aromatic carbocycles. The van der Waals surface area contributed by atoms with Gasteiger partial charge in [0.25, 0.3) is 5.69 Å². The van der Waals surface area contributed by atoms with Crippen molar-refractivity contribution in [2.45, 2.75) is 18.4 Å². The second kappa shape index (κ2) is 6.44. The number of aromatic carboxylic acids is 1. The van der Waals surface area contributed by atoms with Crippen LogP contribution in [0.5, 0.6) is 0 Å². The van der Waals surface area contributed by atoms with E-state index in [0.717, 1.165) is 23.2 Å². The minimum absolute atomic E-state index is 0.0193. The zero-order valence-corrected chi connectivity index (χ0v) is 15.4. The Bertz CT molecular complexity index is 1160. The summed E-state index contributed by atoms with van der Waals surface area (Å²) in [5.41, 5.74) is 5.19. The van der Waals surface area contributed by atoms with E-state index >= 15 is 0 Å². The van der Waals surface area contributed by atoms with Crippen LogP contribution < -0.4 is 5.32 Å². The van der Waals surface area contributed by atoms with Gasteiger partial charge >= 0.3 is 5.97 Å². The summed E-state index contributed by atoms with van der Waals surface area (Å²) in [5, 5.41) is 24.5. The van der Waals surface area contributed by atoms with E-state index in [4.69, 9.17) is 0 Å². The fourth-order valence-electron chi connectivity index (χ4n) is 4.93. The maximum absolute atomic E-state index is 11.8. The molecule has 6 nitrogen and oxygen atoms in total. The first-order chi connectivity index (χ1) is 14.0. The minimum atomic E-state index is -0.955. The summed E-state index contributed by atoms with van der Waals surface area (Å²) < 4.78 is 0. The number of benzene rings is 3. The van der Waals surface area contributed by atoms with Gasteiger partial charge in [0.1, 0.15) is 0 Å². The summed E-state index contributed by atoms with van der Waals surface area (Å²) in [6.45, 7) is 0. The molecule has 2 N–H and O–H groups in total. The van der Waals surface area contributed by atoms with Crippen molar-refractivity contribution < 1.29 is 14.8 Å². The Morgan fingerprint density at radius 2 is 1.72 bits per heavy atom. The molecule has 0 amide bonds. The molecule has 0 aromatic heterocycles. The Hall–Kier alpha value is -3.67. The molecule has 3 aromatic rings. The zero-order valence-electron chi connectivity index (χ0n) is 15.4. The normalized spacial score (nSPS) is 21.4. The number of carboxylic acids is 1. The number of non-ortho nitro benzene ring substituents is 1. The molecule has 1 heterocycles. The Kier molecular flexibility index (Phi) is 3.87. The Morgan fingerprint density at radius 1 is 1.00 bits per heavy atom. The zero-order chi connectivity index (χ0) is 20.1. The van der Waals surface area contributed by atoms with Gasteiger partial charge in [-0.1, -0.05) is 42.5 Å². The van der Waals surface area contributed by atoms with Gasteiger partial charge in [-0.15, -0.1) is 0 Å². The van der Waals surface area contributed by atoms with Gasteiger partial charge < -0.3 is 10.4 Å². The molecule has 144 valence electrons. The van der Waals surface area contributed by atoms with Crippen LogP contribution in [0.2, 0.25) is 0 Å². The van der Waals surface area contributed by atoms with Crippen LogP contribution in [0.4, 0.5) is 11.4 Å². The van der Waals surface area contributed by atoms with E-state index in [-0.39, 0.29) is 34.1 Å². The van der Waals surface area contributed by atoms with Gasteiger partial charge in [-0.3, -0.25) is 10.1 Å². The third kappa shape index (κ3) is 2.68. The van der Waals surface area contributed by atoms with Crippen LogP contribution in [0.1, 0.15) is 44.6 Å². The number of nitrogens with zero attached hydrogens (tertiary/aromatic N) is 1. The molecule has 0 fully saturated rings. The highest BCUT2D eigenvalue weighted by molar-refractivity contribution is 5.90. The first-order valence-electron chi connectivity index (χ1n) is 9.49. The third-order valence-electron chi connectivity index (χ3n) is 6.12. The number of carbonyl (C=O) groups is 1. The predicted molar refractivity (Wildman–Crippen MR) is 108 cm³/mol. The molecule has 0 radical (unpaired) electrons. The lowest BCUT2D eigenvalue weighted by Gasteiger charge is -2.38. The van der Waals surface area contributed by atoms with Gasteiger partial charge in [-0.05, 0) is 46.7 Å². The quantitative estimate of drug-likeness (QED) is 0.500. The van der Waals surface area contributed by atoms with E-state index in [2.05, 4.69) is 17.4 Å². The predicted octanol–water partition coefficient (Wildman–Crippen LogP) is 4.76. The highest BCUT2D eigenvalue weighted by Gasteiger charge is 2.44. The van der Waals surface area contributed by atoms with Crippen LogP contribution in [-0.2, 0) is 6.42 Å². The number of rotatable bonds is 3. The molecule has 0 bridgehead atoms. The Labute approximate surface area is 167 Å². The third-order valence-corrected chi connectivity index (χ3v) is 6.12. The fraction of sp³-hybridized carbons (Fsp3) is 0.174. The van der Waals surface area contributed by atoms with Crippen LogP contribution in [0, 0.1) is 16.0 Å². The van der Waals surface area contributed by atoms with Gasteiger partial charge in [-0.25, -0.2) is 4.79 Å². The summed E-state index contributed by atoms with van der Waals surface area (Å²) >= 11 is 0. The number of hydrogen-bond donors (Lipinski definition) is 2. The van der Waals surface area contributed by atoms with Gasteiger partial charge in [0.05, 0.1) is 16.5 Å². The molecule has 6 heteroatoms. The van der Waals surface area contributed by atoms with Crippen molar-refractivity contribution in [2.75, 3.05) is 5.32 Å². The van der Waals surface area contributed by atoms with E-state index in [9.17, 15) is 20.0 Å². The molecule has 1 aliphatic carbocycles. The maximum Gasteiger partial charge on any atom is 0.336 e. The molecule has 0 saturated carbocycles. The minimum Gasteiger partial charge on any atom is -0.478 e. The molecular formula is C23H18N2O4. The number of nitro benzene ring substituents is 1. The van der Waals surface area contributed by atoms with Gasteiger partial charge in [-0.2, -0.15) is 0 Å². The highest BCUT2D eigenvalue weighted by Crippen LogP contribution is 2.54. The number of nitrogens with one attached hydrogen (secondary N) is 1. The van der Waals surface area contributed by atoms with Crippen molar-refractivity contribution in [3.63, 3.8) is 0 Å². The summed E-state index contributed by atoms with van der Waals surface area (Å²) in [4.78, 5) is 22.8. The van der Waals surface area contributed by atoms with Gasteiger partial charge in [0, 0.05) is 23.7 Å². The number of anilines is 1. The molecule has 0 unspecified atom stereocenters. The summed E-state index contributed by atoms with van der Waals surface area (Å²) in [7, 11) is 0. The smallest absolute Gasteiger partial charge is 0.336 e. The summed E-state index contributed by atoms with van der Waals surface area (Å²) in [6, 6.07) is 19.9. The van der Waals surface area contributed by atoms with Crippen LogP contribution >= 0.6 is 0 Å². The van der Waals surface area contributed by atoms with Crippen molar-refractivity contribution in [1.82, 2.24) is 0 Å². The fourth-order valence-corrected chi connectivity index (χ4v) is 4.93. The monoisotopic (exact) mass is 386 g/mol. The van der Waals surface area contributed by atoms with E-state index < -0.39 is 5.97 Å². The highest BCUT2D eigenvalue weighted by atomic mass is 16.6. The number of carboxylic acid groups (broad SMARTS) is 1. The van der Waals surface area contributed by atoms with Crippen LogP contribution in [-0.4, -0.2) is 16.0 Å². The Morgan fingerprint density at radius 3 is 2.48 bits per heavy atom. The van der Waals surface area contributed by atoms with Crippen molar-refractivity contribution in [3.8, 4) is 0 Å². The molecule has 0 saturated heterocycles. The van der Waals surface area contributed by atoms with E-state index in [1.54, 1.807) is 24.3 Å². The molecule has 2 aliphatic rings. The first-order valence-corrected chi connectivity index (χ1v) is 9.49.